The van der Waals surface area contributed by atoms with E-state index in [2.05, 4.69) is 15.0 Å². The molecule has 0 saturated carbocycles. The van der Waals surface area contributed by atoms with Crippen LogP contribution in [0.25, 0.3) is 22.3 Å². The minimum absolute atomic E-state index is 0.170. The molecule has 0 unspecified atom stereocenters. The van der Waals surface area contributed by atoms with Gasteiger partial charge in [-0.2, -0.15) is 13.2 Å². The maximum atomic E-state index is 12.9. The molecule has 2 aromatic heterocycles. The lowest BCUT2D eigenvalue weighted by Crippen LogP contribution is -2.06. The van der Waals surface area contributed by atoms with E-state index in [-0.39, 0.29) is 11.4 Å². The number of benzene rings is 1. The van der Waals surface area contributed by atoms with Crippen LogP contribution >= 0.6 is 0 Å². The number of aromatic amines is 2. The van der Waals surface area contributed by atoms with Gasteiger partial charge >= 0.3 is 11.9 Å². The zero-order valence-electron chi connectivity index (χ0n) is 10.9. The molecule has 0 aliphatic rings. The third kappa shape index (κ3) is 2.42. The fourth-order valence-corrected chi connectivity index (χ4v) is 2.24. The van der Waals surface area contributed by atoms with E-state index in [1.807, 2.05) is 0 Å². The molecule has 3 rings (SSSR count). The molecule has 0 fully saturated rings. The number of imidazole rings is 1. The van der Waals surface area contributed by atoms with Crippen molar-refractivity contribution >= 4 is 11.0 Å². The number of rotatable bonds is 1. The van der Waals surface area contributed by atoms with Crippen molar-refractivity contribution in [1.29, 1.82) is 0 Å². The van der Waals surface area contributed by atoms with E-state index in [1.54, 1.807) is 18.2 Å². The maximum absolute atomic E-state index is 12.9. The van der Waals surface area contributed by atoms with Gasteiger partial charge in [-0.05, 0) is 25.1 Å². The summed E-state index contributed by atoms with van der Waals surface area (Å²) in [5.41, 5.74) is 0.655. The zero-order chi connectivity index (χ0) is 15.2. The Morgan fingerprint density at radius 2 is 1.90 bits per heavy atom. The number of fused-ring (bicyclic) bond motifs is 1. The Morgan fingerprint density at radius 3 is 2.62 bits per heavy atom. The Bertz CT molecular complexity index is 877. The van der Waals surface area contributed by atoms with Gasteiger partial charge in [0, 0.05) is 11.3 Å². The van der Waals surface area contributed by atoms with Crippen molar-refractivity contribution in [3.05, 3.63) is 52.1 Å². The number of aromatic nitrogens is 3. The summed E-state index contributed by atoms with van der Waals surface area (Å²) in [6.07, 6.45) is -4.44. The quantitative estimate of drug-likeness (QED) is 0.723. The zero-order valence-corrected chi connectivity index (χ0v) is 10.9. The van der Waals surface area contributed by atoms with Crippen LogP contribution in [0.3, 0.4) is 0 Å². The average Bonchev–Trinajstić information content (AvgIpc) is 2.76. The molecule has 0 saturated heterocycles. The second-order valence-corrected chi connectivity index (χ2v) is 4.69. The minimum Gasteiger partial charge on any atom is -0.306 e. The van der Waals surface area contributed by atoms with Crippen LogP contribution < -0.4 is 5.69 Å². The summed E-state index contributed by atoms with van der Waals surface area (Å²) in [5, 5.41) is 0. The number of H-pyrrole nitrogens is 2. The molecule has 0 spiro atoms. The van der Waals surface area contributed by atoms with Crippen molar-refractivity contribution in [2.45, 2.75) is 13.1 Å². The molecule has 7 heteroatoms. The largest absolute Gasteiger partial charge is 0.416 e. The van der Waals surface area contributed by atoms with E-state index >= 15 is 0 Å². The number of pyridine rings is 1. The molecule has 0 bridgehead atoms. The van der Waals surface area contributed by atoms with E-state index in [1.165, 1.54) is 6.92 Å². The summed E-state index contributed by atoms with van der Waals surface area (Å²) in [5.74, 6) is 0. The summed E-state index contributed by atoms with van der Waals surface area (Å²) in [6, 6.07) is 6.90. The molecule has 21 heavy (non-hydrogen) atoms. The lowest BCUT2D eigenvalue weighted by atomic mass is 10.1. The first kappa shape index (κ1) is 13.4. The highest BCUT2D eigenvalue weighted by Crippen LogP contribution is 2.33. The number of nitrogens with zero attached hydrogens (tertiary/aromatic N) is 1. The Labute approximate surface area is 116 Å². The molecule has 0 atom stereocenters. The standard InChI is InChI=1S/C14H10F3N3O/c1-7-5-8(14(15,16)17)6-11(18-7)9-3-2-4-10-12(9)20-13(21)19-10/h2-6H,1H3,(H2,19,20,21). The Morgan fingerprint density at radius 1 is 1.14 bits per heavy atom. The Hall–Kier alpha value is -2.57. The summed E-state index contributed by atoms with van der Waals surface area (Å²) < 4.78 is 38.7. The van der Waals surface area contributed by atoms with Crippen LogP contribution in [0.4, 0.5) is 13.2 Å². The Kier molecular flexibility index (Phi) is 2.86. The number of hydrogen-bond acceptors (Lipinski definition) is 2. The van der Waals surface area contributed by atoms with Crippen LogP contribution in [0, 0.1) is 6.92 Å². The molecule has 2 N–H and O–H groups in total. The summed E-state index contributed by atoms with van der Waals surface area (Å²) >= 11 is 0. The van der Waals surface area contributed by atoms with Crippen LogP contribution in [0.15, 0.2) is 35.1 Å². The number of alkyl halides is 3. The first-order chi connectivity index (χ1) is 9.84. The van der Waals surface area contributed by atoms with Gasteiger partial charge in [0.25, 0.3) is 0 Å². The molecule has 1 aromatic carbocycles. The summed E-state index contributed by atoms with van der Waals surface area (Å²) in [7, 11) is 0. The summed E-state index contributed by atoms with van der Waals surface area (Å²) in [6.45, 7) is 1.50. The van der Waals surface area contributed by atoms with Gasteiger partial charge in [0.1, 0.15) is 0 Å². The molecule has 0 amide bonds. The molecule has 4 nitrogen and oxygen atoms in total. The van der Waals surface area contributed by atoms with Gasteiger partial charge < -0.3 is 9.97 Å². The van der Waals surface area contributed by atoms with Gasteiger partial charge in [0.2, 0.25) is 0 Å². The first-order valence-electron chi connectivity index (χ1n) is 6.12. The van der Waals surface area contributed by atoms with Gasteiger partial charge in [-0.3, -0.25) is 4.98 Å². The number of aryl methyl sites for hydroxylation is 1. The van der Waals surface area contributed by atoms with E-state index in [0.29, 0.717) is 16.6 Å². The smallest absolute Gasteiger partial charge is 0.306 e. The topological polar surface area (TPSA) is 61.5 Å². The molecule has 108 valence electrons. The van der Waals surface area contributed by atoms with E-state index in [9.17, 15) is 18.0 Å². The number of halogens is 3. The van der Waals surface area contributed by atoms with Crippen LogP contribution in [0.5, 0.6) is 0 Å². The SMILES string of the molecule is Cc1cc(C(F)(F)F)cc(-c2cccc3[nH]c(=O)[nH]c23)n1. The third-order valence-corrected chi connectivity index (χ3v) is 3.11. The molecule has 0 radical (unpaired) electrons. The van der Waals surface area contributed by atoms with E-state index < -0.39 is 17.4 Å². The van der Waals surface area contributed by atoms with Crippen molar-refractivity contribution in [3.63, 3.8) is 0 Å². The average molecular weight is 293 g/mol. The summed E-state index contributed by atoms with van der Waals surface area (Å²) in [4.78, 5) is 20.6. The Balaban J connectivity index is 2.28. The molecular weight excluding hydrogens is 283 g/mol. The molecular formula is C14H10F3N3O. The van der Waals surface area contributed by atoms with Gasteiger partial charge in [-0.1, -0.05) is 12.1 Å². The molecule has 2 heterocycles. The monoisotopic (exact) mass is 293 g/mol. The lowest BCUT2D eigenvalue weighted by molar-refractivity contribution is -0.137. The minimum atomic E-state index is -4.44. The van der Waals surface area contributed by atoms with Crippen LogP contribution in [0.2, 0.25) is 0 Å². The number of nitrogens with one attached hydrogen (secondary N) is 2. The van der Waals surface area contributed by atoms with Gasteiger partial charge in [0.15, 0.2) is 0 Å². The predicted octanol–water partition coefficient (Wildman–Crippen LogP) is 3.25. The van der Waals surface area contributed by atoms with Crippen molar-refractivity contribution in [2.24, 2.45) is 0 Å². The van der Waals surface area contributed by atoms with Crippen LogP contribution in [-0.4, -0.2) is 15.0 Å². The van der Waals surface area contributed by atoms with Crippen molar-refractivity contribution < 1.29 is 13.2 Å². The lowest BCUT2D eigenvalue weighted by Gasteiger charge is -2.10. The first-order valence-corrected chi connectivity index (χ1v) is 6.12. The van der Waals surface area contributed by atoms with Crippen LogP contribution in [-0.2, 0) is 6.18 Å². The van der Waals surface area contributed by atoms with Crippen molar-refractivity contribution in [3.8, 4) is 11.3 Å². The van der Waals surface area contributed by atoms with E-state index in [0.717, 1.165) is 12.1 Å². The maximum Gasteiger partial charge on any atom is 0.416 e. The molecule has 3 aromatic rings. The van der Waals surface area contributed by atoms with Gasteiger partial charge in [0.05, 0.1) is 22.3 Å². The van der Waals surface area contributed by atoms with Gasteiger partial charge in [-0.15, -0.1) is 0 Å². The third-order valence-electron chi connectivity index (χ3n) is 3.11. The number of para-hydroxylation sites is 1. The number of hydrogen-bond donors (Lipinski definition) is 2. The van der Waals surface area contributed by atoms with E-state index in [4.69, 9.17) is 0 Å². The normalized spacial score (nSPS) is 12.0. The predicted molar refractivity (Wildman–Crippen MR) is 71.9 cm³/mol. The highest BCUT2D eigenvalue weighted by atomic mass is 19.4. The van der Waals surface area contributed by atoms with Crippen LogP contribution in [0.1, 0.15) is 11.3 Å². The second kappa shape index (κ2) is 4.47. The molecule has 0 aliphatic carbocycles. The van der Waals surface area contributed by atoms with Crippen molar-refractivity contribution in [1.82, 2.24) is 15.0 Å². The van der Waals surface area contributed by atoms with Gasteiger partial charge in [-0.25, -0.2) is 4.79 Å². The highest BCUT2D eigenvalue weighted by Gasteiger charge is 2.31. The highest BCUT2D eigenvalue weighted by molar-refractivity contribution is 5.90. The molecule has 0 aliphatic heterocycles. The fourth-order valence-electron chi connectivity index (χ4n) is 2.24. The van der Waals surface area contributed by atoms with Crippen molar-refractivity contribution in [2.75, 3.05) is 0 Å². The fraction of sp³-hybridized carbons (Fsp3) is 0.143. The second-order valence-electron chi connectivity index (χ2n) is 4.69.